The van der Waals surface area contributed by atoms with Gasteiger partial charge in [0.25, 0.3) is 0 Å². The van der Waals surface area contributed by atoms with E-state index in [1.54, 1.807) is 50.6 Å². The van der Waals surface area contributed by atoms with E-state index in [9.17, 15) is 13.2 Å². The second-order valence-corrected chi connectivity index (χ2v) is 9.63. The van der Waals surface area contributed by atoms with Gasteiger partial charge in [0.1, 0.15) is 5.82 Å². The Labute approximate surface area is 194 Å². The van der Waals surface area contributed by atoms with Gasteiger partial charge >= 0.3 is 0 Å². The summed E-state index contributed by atoms with van der Waals surface area (Å²) in [5, 5.41) is 2.94. The molecule has 9 heteroatoms. The molecule has 1 amide bonds. The topological polar surface area (TPSA) is 107 Å². The fraction of sp³-hybridized carbons (Fsp3) is 0.250. The molecule has 0 spiro atoms. The van der Waals surface area contributed by atoms with Crippen LogP contribution < -0.4 is 19.5 Å². The highest BCUT2D eigenvalue weighted by molar-refractivity contribution is 7.89. The van der Waals surface area contributed by atoms with E-state index in [0.29, 0.717) is 23.0 Å². The number of rotatable bonds is 8. The highest BCUT2D eigenvalue weighted by atomic mass is 32.2. The van der Waals surface area contributed by atoms with Crippen LogP contribution in [0.1, 0.15) is 19.8 Å². The number of aromatic nitrogens is 1. The number of carbonyl (C=O) groups excluding carboxylic acids is 1. The quantitative estimate of drug-likeness (QED) is 0.522. The number of nitrogens with zero attached hydrogens (tertiary/aromatic N) is 1. The van der Waals surface area contributed by atoms with Crippen LogP contribution in [0.25, 0.3) is 11.3 Å². The molecule has 4 rings (SSSR count). The number of pyridine rings is 1. The predicted molar refractivity (Wildman–Crippen MR) is 127 cm³/mol. The summed E-state index contributed by atoms with van der Waals surface area (Å²) in [5.74, 6) is 1.49. The standard InChI is InChI=1S/C24H25N3O5S.H2/c1-25-33(29,30)18-10-7-16(8-11-18)19-5-4-6-22(26-19)27-23(28)24(13-14-24)17-9-12-20(31-2)21(15-17)32-3;/h4-12,15,25H,13-14H2,1-3H3,(H,26,27,28);1H. The van der Waals surface area contributed by atoms with Crippen molar-refractivity contribution in [2.75, 3.05) is 26.6 Å². The van der Waals surface area contributed by atoms with E-state index in [1.807, 2.05) is 12.1 Å². The molecule has 0 bridgehead atoms. The Morgan fingerprint density at radius 2 is 1.70 bits per heavy atom. The van der Waals surface area contributed by atoms with E-state index in [-0.39, 0.29) is 12.2 Å². The second kappa shape index (κ2) is 8.84. The number of methoxy groups -OCH3 is 2. The molecule has 1 aromatic heterocycles. The maximum atomic E-state index is 13.2. The first kappa shape index (κ1) is 22.8. The molecule has 174 valence electrons. The fourth-order valence-electron chi connectivity index (χ4n) is 3.73. The Morgan fingerprint density at radius 1 is 1.00 bits per heavy atom. The molecule has 1 heterocycles. The summed E-state index contributed by atoms with van der Waals surface area (Å²) in [5.41, 5.74) is 1.61. The lowest BCUT2D eigenvalue weighted by Crippen LogP contribution is -2.28. The molecule has 1 aliphatic carbocycles. The molecule has 3 aromatic rings. The van der Waals surface area contributed by atoms with Crippen molar-refractivity contribution in [1.82, 2.24) is 9.71 Å². The Morgan fingerprint density at radius 3 is 2.30 bits per heavy atom. The number of ether oxygens (including phenoxy) is 2. The summed E-state index contributed by atoms with van der Waals surface area (Å²) in [6.07, 6.45) is 1.46. The SMILES string of the molecule is CNS(=O)(=O)c1ccc(-c2cccc(NC(=O)C3(c4ccc(OC)c(OC)c4)CC3)n2)cc1.[HH]. The van der Waals surface area contributed by atoms with Gasteiger partial charge in [0.2, 0.25) is 15.9 Å². The van der Waals surface area contributed by atoms with Crippen LogP contribution in [-0.2, 0) is 20.2 Å². The van der Waals surface area contributed by atoms with Crippen LogP contribution in [0.2, 0.25) is 0 Å². The Kier molecular flexibility index (Phi) is 6.09. The highest BCUT2D eigenvalue weighted by Crippen LogP contribution is 2.50. The number of benzene rings is 2. The van der Waals surface area contributed by atoms with Gasteiger partial charge in [-0.1, -0.05) is 24.3 Å². The molecule has 33 heavy (non-hydrogen) atoms. The molecule has 2 aromatic carbocycles. The molecule has 8 nitrogen and oxygen atoms in total. The molecular formula is C24H27N3O5S. The summed E-state index contributed by atoms with van der Waals surface area (Å²) < 4.78 is 36.8. The van der Waals surface area contributed by atoms with Gasteiger partial charge in [-0.2, -0.15) is 0 Å². The van der Waals surface area contributed by atoms with Gasteiger partial charge in [0.15, 0.2) is 11.5 Å². The van der Waals surface area contributed by atoms with Crippen molar-refractivity contribution in [3.8, 4) is 22.8 Å². The molecule has 0 aliphatic heterocycles. The summed E-state index contributed by atoms with van der Waals surface area (Å²) in [6.45, 7) is 0. The van der Waals surface area contributed by atoms with Crippen LogP contribution in [0.3, 0.4) is 0 Å². The molecule has 2 N–H and O–H groups in total. The number of carbonyl (C=O) groups is 1. The number of hydrogen-bond acceptors (Lipinski definition) is 6. The zero-order valence-electron chi connectivity index (χ0n) is 18.6. The lowest BCUT2D eigenvalue weighted by Gasteiger charge is -2.18. The van der Waals surface area contributed by atoms with Crippen molar-refractivity contribution >= 4 is 21.7 Å². The van der Waals surface area contributed by atoms with Crippen LogP contribution in [0, 0.1) is 0 Å². The maximum absolute atomic E-state index is 13.2. The first-order valence-electron chi connectivity index (χ1n) is 10.4. The van der Waals surface area contributed by atoms with Crippen LogP contribution in [0.15, 0.2) is 65.6 Å². The summed E-state index contributed by atoms with van der Waals surface area (Å²) >= 11 is 0. The molecule has 0 atom stereocenters. The average Bonchev–Trinajstić information content (AvgIpc) is 3.66. The minimum absolute atomic E-state index is 0. The second-order valence-electron chi connectivity index (χ2n) is 7.75. The number of anilines is 1. The first-order valence-corrected chi connectivity index (χ1v) is 11.9. The van der Waals surface area contributed by atoms with Gasteiger partial charge in [-0.05, 0) is 61.9 Å². The molecular weight excluding hydrogens is 442 g/mol. The van der Waals surface area contributed by atoms with E-state index in [4.69, 9.17) is 9.47 Å². The van der Waals surface area contributed by atoms with Crippen molar-refractivity contribution in [3.05, 3.63) is 66.2 Å². The van der Waals surface area contributed by atoms with E-state index in [1.165, 1.54) is 19.2 Å². The predicted octanol–water partition coefficient (Wildman–Crippen LogP) is 3.59. The van der Waals surface area contributed by atoms with Gasteiger partial charge in [0.05, 0.1) is 30.2 Å². The summed E-state index contributed by atoms with van der Waals surface area (Å²) in [4.78, 5) is 17.9. The van der Waals surface area contributed by atoms with Gasteiger partial charge in [-0.25, -0.2) is 18.1 Å². The first-order chi connectivity index (χ1) is 15.8. The molecule has 1 aliphatic rings. The van der Waals surface area contributed by atoms with Gasteiger partial charge in [-0.15, -0.1) is 0 Å². The summed E-state index contributed by atoms with van der Waals surface area (Å²) in [6, 6.07) is 17.3. The normalized spacial score (nSPS) is 14.4. The number of amides is 1. The van der Waals surface area contributed by atoms with E-state index in [0.717, 1.165) is 24.0 Å². The lowest BCUT2D eigenvalue weighted by molar-refractivity contribution is -0.118. The van der Waals surface area contributed by atoms with Crippen molar-refractivity contribution in [2.24, 2.45) is 0 Å². The van der Waals surface area contributed by atoms with Gasteiger partial charge in [-0.3, -0.25) is 4.79 Å². The zero-order valence-corrected chi connectivity index (χ0v) is 19.4. The van der Waals surface area contributed by atoms with E-state index in [2.05, 4.69) is 15.0 Å². The lowest BCUT2D eigenvalue weighted by atomic mass is 9.94. The van der Waals surface area contributed by atoms with Crippen LogP contribution in [-0.4, -0.2) is 40.6 Å². The maximum Gasteiger partial charge on any atom is 0.240 e. The van der Waals surface area contributed by atoms with Crippen LogP contribution >= 0.6 is 0 Å². The Balaban J connectivity index is 0.00000324. The summed E-state index contributed by atoms with van der Waals surface area (Å²) in [7, 11) is 0.995. The molecule has 1 fully saturated rings. The van der Waals surface area contributed by atoms with E-state index >= 15 is 0 Å². The monoisotopic (exact) mass is 469 g/mol. The largest absolute Gasteiger partial charge is 0.493 e. The van der Waals surface area contributed by atoms with Crippen LogP contribution in [0.4, 0.5) is 5.82 Å². The Bertz CT molecular complexity index is 1290. The van der Waals surface area contributed by atoms with Crippen molar-refractivity contribution in [2.45, 2.75) is 23.2 Å². The van der Waals surface area contributed by atoms with Gasteiger partial charge in [0, 0.05) is 6.99 Å². The highest BCUT2D eigenvalue weighted by Gasteiger charge is 2.51. The molecule has 0 saturated heterocycles. The molecule has 1 saturated carbocycles. The van der Waals surface area contributed by atoms with Gasteiger partial charge < -0.3 is 14.8 Å². The number of hydrogen-bond donors (Lipinski definition) is 2. The average molecular weight is 470 g/mol. The smallest absolute Gasteiger partial charge is 0.240 e. The third-order valence-corrected chi connectivity index (χ3v) is 7.27. The number of nitrogens with one attached hydrogen (secondary N) is 2. The third kappa shape index (κ3) is 4.42. The zero-order chi connectivity index (χ0) is 23.6. The van der Waals surface area contributed by atoms with Crippen molar-refractivity contribution in [3.63, 3.8) is 0 Å². The van der Waals surface area contributed by atoms with Crippen molar-refractivity contribution in [1.29, 1.82) is 0 Å². The minimum Gasteiger partial charge on any atom is -0.493 e. The molecule has 0 radical (unpaired) electrons. The third-order valence-electron chi connectivity index (χ3n) is 5.84. The van der Waals surface area contributed by atoms with E-state index < -0.39 is 15.4 Å². The fourth-order valence-corrected chi connectivity index (χ4v) is 4.46. The van der Waals surface area contributed by atoms with Crippen molar-refractivity contribution < 1.29 is 24.1 Å². The number of sulfonamides is 1. The Hall–Kier alpha value is -3.43. The van der Waals surface area contributed by atoms with Crippen LogP contribution in [0.5, 0.6) is 11.5 Å². The minimum atomic E-state index is -3.51. The molecule has 0 unspecified atom stereocenters.